The zero-order valence-corrected chi connectivity index (χ0v) is 12.3. The number of nitrogens with one attached hydrogen (secondary N) is 1. The molecule has 1 aliphatic rings. The molecular formula is C14H10BrN3O3. The number of hydrogen-bond donors (Lipinski definition) is 1. The first-order chi connectivity index (χ1) is 10.1. The lowest BCUT2D eigenvalue weighted by atomic mass is 10.2. The molecule has 0 spiro atoms. The van der Waals surface area contributed by atoms with Gasteiger partial charge in [-0.2, -0.15) is 5.10 Å². The first-order valence-corrected chi connectivity index (χ1v) is 6.92. The monoisotopic (exact) mass is 347 g/mol. The Bertz CT molecular complexity index is 721. The lowest BCUT2D eigenvalue weighted by Gasteiger charge is -2.02. The van der Waals surface area contributed by atoms with Crippen LogP contribution in [0.1, 0.15) is 5.76 Å². The quantitative estimate of drug-likeness (QED) is 0.684. The molecule has 7 heteroatoms. The standard InChI is InChI=1S/C14H10BrN3O3/c15-10-3-1-9(2-4-10)12-6-5-11(21-12)7-16-18-8-13(19)17-14(18)20/h1-7H,8H2,(H,17,19,20)/b16-7+. The Morgan fingerprint density at radius 3 is 2.62 bits per heavy atom. The molecule has 1 N–H and O–H groups in total. The summed E-state index contributed by atoms with van der Waals surface area (Å²) < 4.78 is 6.61. The molecule has 0 bridgehead atoms. The molecule has 3 amide bonds. The van der Waals surface area contributed by atoms with Gasteiger partial charge in [0.2, 0.25) is 5.91 Å². The Labute approximate surface area is 128 Å². The number of halogens is 1. The molecule has 2 heterocycles. The molecule has 106 valence electrons. The molecule has 1 aromatic heterocycles. The van der Waals surface area contributed by atoms with Crippen LogP contribution in [0, 0.1) is 0 Å². The van der Waals surface area contributed by atoms with Gasteiger partial charge in [0, 0.05) is 10.0 Å². The summed E-state index contributed by atoms with van der Waals surface area (Å²) in [5.41, 5.74) is 0.937. The summed E-state index contributed by atoms with van der Waals surface area (Å²) in [6.45, 7) is -0.0738. The van der Waals surface area contributed by atoms with Gasteiger partial charge >= 0.3 is 6.03 Å². The Kier molecular flexibility index (Phi) is 3.57. The van der Waals surface area contributed by atoms with Gasteiger partial charge in [-0.3, -0.25) is 10.1 Å². The number of furan rings is 1. The summed E-state index contributed by atoms with van der Waals surface area (Å²) in [6.07, 6.45) is 1.40. The van der Waals surface area contributed by atoms with Crippen molar-refractivity contribution in [2.45, 2.75) is 0 Å². The minimum absolute atomic E-state index is 0.0738. The van der Waals surface area contributed by atoms with Crippen LogP contribution in [-0.4, -0.2) is 29.7 Å². The number of rotatable bonds is 3. The zero-order chi connectivity index (χ0) is 14.8. The number of carbonyl (C=O) groups excluding carboxylic acids is 2. The van der Waals surface area contributed by atoms with E-state index in [-0.39, 0.29) is 12.5 Å². The summed E-state index contributed by atoms with van der Waals surface area (Å²) in [7, 11) is 0. The van der Waals surface area contributed by atoms with Crippen LogP contribution in [0.5, 0.6) is 0 Å². The van der Waals surface area contributed by atoms with Crippen LogP contribution in [-0.2, 0) is 4.79 Å². The van der Waals surface area contributed by atoms with Gasteiger partial charge in [0.15, 0.2) is 0 Å². The van der Waals surface area contributed by atoms with E-state index in [0.29, 0.717) is 11.5 Å². The van der Waals surface area contributed by atoms with Crippen LogP contribution in [0.25, 0.3) is 11.3 Å². The summed E-state index contributed by atoms with van der Waals surface area (Å²) in [5.74, 6) is 0.832. The van der Waals surface area contributed by atoms with Crippen LogP contribution in [0.3, 0.4) is 0 Å². The number of benzene rings is 1. The molecule has 0 aliphatic carbocycles. The molecule has 2 aromatic rings. The predicted octanol–water partition coefficient (Wildman–Crippen LogP) is 2.59. The van der Waals surface area contributed by atoms with E-state index in [1.807, 2.05) is 30.3 Å². The summed E-state index contributed by atoms with van der Waals surface area (Å²) >= 11 is 3.37. The van der Waals surface area contributed by atoms with Gasteiger partial charge in [0.1, 0.15) is 18.1 Å². The summed E-state index contributed by atoms with van der Waals surface area (Å²) in [5, 5.41) is 7.10. The van der Waals surface area contributed by atoms with Crippen LogP contribution in [0.15, 0.2) is 50.4 Å². The highest BCUT2D eigenvalue weighted by Crippen LogP contribution is 2.23. The van der Waals surface area contributed by atoms with E-state index in [1.54, 1.807) is 6.07 Å². The third kappa shape index (κ3) is 3.03. The number of urea groups is 1. The smallest absolute Gasteiger partial charge is 0.344 e. The number of hydrogen-bond acceptors (Lipinski definition) is 4. The largest absolute Gasteiger partial charge is 0.455 e. The van der Waals surface area contributed by atoms with Gasteiger partial charge in [0.05, 0.1) is 6.21 Å². The highest BCUT2D eigenvalue weighted by molar-refractivity contribution is 9.10. The van der Waals surface area contributed by atoms with E-state index >= 15 is 0 Å². The van der Waals surface area contributed by atoms with Crippen molar-refractivity contribution in [3.63, 3.8) is 0 Å². The van der Waals surface area contributed by atoms with Crippen LogP contribution in [0.4, 0.5) is 4.79 Å². The van der Waals surface area contributed by atoms with Crippen molar-refractivity contribution >= 4 is 34.1 Å². The van der Waals surface area contributed by atoms with Crippen molar-refractivity contribution in [1.29, 1.82) is 0 Å². The van der Waals surface area contributed by atoms with Gasteiger partial charge in [0.25, 0.3) is 0 Å². The number of imide groups is 1. The molecule has 3 rings (SSSR count). The van der Waals surface area contributed by atoms with Crippen molar-refractivity contribution in [2.75, 3.05) is 6.54 Å². The topological polar surface area (TPSA) is 74.9 Å². The SMILES string of the molecule is O=C1CN(/N=C/c2ccc(-c3ccc(Br)cc3)o2)C(=O)N1. The molecule has 1 aromatic carbocycles. The third-order valence-corrected chi connectivity index (χ3v) is 3.38. The van der Waals surface area contributed by atoms with E-state index in [1.165, 1.54) is 6.21 Å². The van der Waals surface area contributed by atoms with E-state index in [0.717, 1.165) is 15.0 Å². The summed E-state index contributed by atoms with van der Waals surface area (Å²) in [4.78, 5) is 22.3. The zero-order valence-electron chi connectivity index (χ0n) is 10.7. The number of amides is 3. The molecule has 6 nitrogen and oxygen atoms in total. The Morgan fingerprint density at radius 1 is 1.19 bits per heavy atom. The molecule has 0 atom stereocenters. The van der Waals surface area contributed by atoms with Gasteiger partial charge < -0.3 is 4.42 Å². The average Bonchev–Trinajstić information content (AvgIpc) is 3.04. The fourth-order valence-corrected chi connectivity index (χ4v) is 2.11. The van der Waals surface area contributed by atoms with Crippen LogP contribution in [0.2, 0.25) is 0 Å². The van der Waals surface area contributed by atoms with Gasteiger partial charge in [-0.1, -0.05) is 28.1 Å². The van der Waals surface area contributed by atoms with Crippen LogP contribution >= 0.6 is 15.9 Å². The van der Waals surface area contributed by atoms with Crippen molar-refractivity contribution in [2.24, 2.45) is 5.10 Å². The second-order valence-corrected chi connectivity index (χ2v) is 5.28. The maximum atomic E-state index is 11.3. The van der Waals surface area contributed by atoms with Crippen molar-refractivity contribution in [3.05, 3.63) is 46.6 Å². The minimum atomic E-state index is -0.532. The Balaban J connectivity index is 1.75. The van der Waals surface area contributed by atoms with E-state index in [2.05, 4.69) is 26.3 Å². The van der Waals surface area contributed by atoms with Gasteiger partial charge in [-0.25, -0.2) is 9.80 Å². The molecule has 1 aliphatic heterocycles. The number of carbonyl (C=O) groups is 2. The highest BCUT2D eigenvalue weighted by Gasteiger charge is 2.25. The second kappa shape index (κ2) is 5.53. The first-order valence-electron chi connectivity index (χ1n) is 6.13. The summed E-state index contributed by atoms with van der Waals surface area (Å²) in [6, 6.07) is 10.7. The van der Waals surface area contributed by atoms with Crippen LogP contribution < -0.4 is 5.32 Å². The molecule has 1 saturated heterocycles. The fourth-order valence-electron chi connectivity index (χ4n) is 1.84. The Hall–Kier alpha value is -2.41. The molecule has 0 radical (unpaired) electrons. The highest BCUT2D eigenvalue weighted by atomic mass is 79.9. The maximum absolute atomic E-state index is 11.3. The first kappa shape index (κ1) is 13.6. The predicted molar refractivity (Wildman–Crippen MR) is 79.7 cm³/mol. The van der Waals surface area contributed by atoms with Crippen molar-refractivity contribution in [3.8, 4) is 11.3 Å². The van der Waals surface area contributed by atoms with Crippen molar-refractivity contribution in [1.82, 2.24) is 10.3 Å². The molecular weight excluding hydrogens is 338 g/mol. The third-order valence-electron chi connectivity index (χ3n) is 2.85. The number of hydrazone groups is 1. The van der Waals surface area contributed by atoms with Gasteiger partial charge in [-0.15, -0.1) is 0 Å². The van der Waals surface area contributed by atoms with E-state index < -0.39 is 6.03 Å². The van der Waals surface area contributed by atoms with E-state index in [4.69, 9.17) is 4.42 Å². The maximum Gasteiger partial charge on any atom is 0.344 e. The second-order valence-electron chi connectivity index (χ2n) is 4.36. The van der Waals surface area contributed by atoms with Gasteiger partial charge in [-0.05, 0) is 24.3 Å². The average molecular weight is 348 g/mol. The molecule has 1 fully saturated rings. The minimum Gasteiger partial charge on any atom is -0.455 e. The normalized spacial score (nSPS) is 15.0. The lowest BCUT2D eigenvalue weighted by molar-refractivity contribution is -0.118. The molecule has 21 heavy (non-hydrogen) atoms. The lowest BCUT2D eigenvalue weighted by Crippen LogP contribution is -2.24. The molecule has 0 saturated carbocycles. The fraction of sp³-hybridized carbons (Fsp3) is 0.0714. The molecule has 0 unspecified atom stereocenters. The van der Waals surface area contributed by atoms with Crippen molar-refractivity contribution < 1.29 is 14.0 Å². The number of nitrogens with zero attached hydrogens (tertiary/aromatic N) is 2. The van der Waals surface area contributed by atoms with E-state index in [9.17, 15) is 9.59 Å². The Morgan fingerprint density at radius 2 is 1.95 bits per heavy atom.